The number of benzene rings is 1. The molecular formula is C19H17N3O2S3. The third-order valence-corrected chi connectivity index (χ3v) is 6.39. The summed E-state index contributed by atoms with van der Waals surface area (Å²) in [4.78, 5) is 17.9. The highest BCUT2D eigenvalue weighted by molar-refractivity contribution is 7.98. The Bertz CT molecular complexity index is 1170. The fourth-order valence-electron chi connectivity index (χ4n) is 2.94. The molecule has 27 heavy (non-hydrogen) atoms. The highest BCUT2D eigenvalue weighted by Crippen LogP contribution is 2.23. The molecule has 8 heteroatoms. The molecule has 0 unspecified atom stereocenters. The predicted octanol–water partition coefficient (Wildman–Crippen LogP) is 4.59. The molecule has 0 atom stereocenters. The van der Waals surface area contributed by atoms with Gasteiger partial charge in [-0.05, 0) is 42.6 Å². The van der Waals surface area contributed by atoms with Crippen molar-refractivity contribution in [2.75, 3.05) is 6.26 Å². The lowest BCUT2D eigenvalue weighted by molar-refractivity contribution is 0.476. The summed E-state index contributed by atoms with van der Waals surface area (Å²) in [6.07, 6.45) is 4.36. The Morgan fingerprint density at radius 1 is 1.19 bits per heavy atom. The summed E-state index contributed by atoms with van der Waals surface area (Å²) in [5.41, 5.74) is 1.83. The topological polar surface area (TPSA) is 53.0 Å². The maximum absolute atomic E-state index is 13.1. The highest BCUT2D eigenvalue weighted by Gasteiger charge is 2.17. The van der Waals surface area contributed by atoms with Crippen LogP contribution in [0.4, 0.5) is 0 Å². The van der Waals surface area contributed by atoms with Crippen molar-refractivity contribution in [3.8, 4) is 0 Å². The molecule has 0 bridgehead atoms. The van der Waals surface area contributed by atoms with Crippen molar-refractivity contribution in [1.29, 1.82) is 0 Å². The van der Waals surface area contributed by atoms with Gasteiger partial charge in [0.15, 0.2) is 14.8 Å². The maximum atomic E-state index is 13.1. The Morgan fingerprint density at radius 3 is 2.70 bits per heavy atom. The van der Waals surface area contributed by atoms with Crippen molar-refractivity contribution in [2.45, 2.75) is 24.7 Å². The molecule has 3 aromatic heterocycles. The number of nitrogens with zero attached hydrogens (tertiary/aromatic N) is 3. The summed E-state index contributed by atoms with van der Waals surface area (Å²) in [5.74, 6) is 0.723. The molecule has 1 aromatic carbocycles. The smallest absolute Gasteiger partial charge is 0.274 e. The van der Waals surface area contributed by atoms with Crippen LogP contribution in [-0.4, -0.2) is 20.4 Å². The number of fused-ring (bicyclic) bond motifs is 1. The van der Waals surface area contributed by atoms with E-state index in [1.807, 2.05) is 41.2 Å². The van der Waals surface area contributed by atoms with Crippen LogP contribution in [-0.2, 0) is 19.5 Å². The molecule has 0 fully saturated rings. The standard InChI is InChI=1S/C19H17N3O2S3/c1-26-18-20-16-15(17(23)22(18)12-14-8-5-11-24-14)27-19(25)21(16)10-9-13-6-3-2-4-7-13/h2-8,11H,9-10,12H2,1H3. The molecule has 0 radical (unpaired) electrons. The molecule has 0 N–H and O–H groups in total. The SMILES string of the molecule is CSc1nc2c(sc(=S)n2CCc2ccccc2)c(=O)n1Cc1ccco1. The second kappa shape index (κ2) is 7.84. The van der Waals surface area contributed by atoms with Gasteiger partial charge in [-0.3, -0.25) is 9.36 Å². The van der Waals surface area contributed by atoms with E-state index in [0.29, 0.717) is 32.5 Å². The Labute approximate surface area is 169 Å². The van der Waals surface area contributed by atoms with Crippen LogP contribution in [0.5, 0.6) is 0 Å². The molecule has 0 spiro atoms. The van der Waals surface area contributed by atoms with Gasteiger partial charge in [-0.1, -0.05) is 53.4 Å². The largest absolute Gasteiger partial charge is 0.467 e. The quantitative estimate of drug-likeness (QED) is 0.262. The Kier molecular flexibility index (Phi) is 5.29. The van der Waals surface area contributed by atoms with Gasteiger partial charge in [0.2, 0.25) is 0 Å². The van der Waals surface area contributed by atoms with Crippen molar-refractivity contribution in [3.05, 3.63) is 74.4 Å². The molecule has 4 rings (SSSR count). The van der Waals surface area contributed by atoms with E-state index in [0.717, 1.165) is 12.2 Å². The number of furan rings is 1. The molecule has 0 saturated carbocycles. The fraction of sp³-hybridized carbons (Fsp3) is 0.211. The first-order valence-corrected chi connectivity index (χ1v) is 10.9. The molecule has 0 saturated heterocycles. The van der Waals surface area contributed by atoms with Gasteiger partial charge in [-0.2, -0.15) is 0 Å². The van der Waals surface area contributed by atoms with Gasteiger partial charge in [0, 0.05) is 6.54 Å². The third kappa shape index (κ3) is 3.65. The van der Waals surface area contributed by atoms with Crippen LogP contribution in [0.2, 0.25) is 0 Å². The van der Waals surface area contributed by atoms with Crippen molar-refractivity contribution < 1.29 is 4.42 Å². The molecular weight excluding hydrogens is 398 g/mol. The Balaban J connectivity index is 1.76. The molecule has 0 aliphatic rings. The zero-order valence-electron chi connectivity index (χ0n) is 14.6. The predicted molar refractivity (Wildman–Crippen MR) is 112 cm³/mol. The summed E-state index contributed by atoms with van der Waals surface area (Å²) < 4.78 is 10.3. The minimum absolute atomic E-state index is 0.0738. The molecule has 3 heterocycles. The molecule has 0 aliphatic heterocycles. The van der Waals surface area contributed by atoms with Crippen LogP contribution in [0.25, 0.3) is 10.3 Å². The van der Waals surface area contributed by atoms with E-state index in [4.69, 9.17) is 21.6 Å². The van der Waals surface area contributed by atoms with Crippen LogP contribution in [0.3, 0.4) is 0 Å². The monoisotopic (exact) mass is 415 g/mol. The molecule has 5 nitrogen and oxygen atoms in total. The molecule has 0 amide bonds. The summed E-state index contributed by atoms with van der Waals surface area (Å²) in [6, 6.07) is 13.9. The van der Waals surface area contributed by atoms with Crippen LogP contribution in [0.15, 0.2) is 63.1 Å². The summed E-state index contributed by atoms with van der Waals surface area (Å²) in [7, 11) is 0. The lowest BCUT2D eigenvalue weighted by Crippen LogP contribution is -2.23. The van der Waals surface area contributed by atoms with Gasteiger partial charge < -0.3 is 8.98 Å². The van der Waals surface area contributed by atoms with Gasteiger partial charge in [-0.25, -0.2) is 4.98 Å². The maximum Gasteiger partial charge on any atom is 0.274 e. The van der Waals surface area contributed by atoms with E-state index in [-0.39, 0.29) is 5.56 Å². The van der Waals surface area contributed by atoms with Crippen molar-refractivity contribution in [3.63, 3.8) is 0 Å². The zero-order valence-corrected chi connectivity index (χ0v) is 17.1. The van der Waals surface area contributed by atoms with Gasteiger partial charge in [-0.15, -0.1) is 0 Å². The van der Waals surface area contributed by atoms with Crippen molar-refractivity contribution in [2.24, 2.45) is 0 Å². The van der Waals surface area contributed by atoms with Crippen LogP contribution in [0.1, 0.15) is 11.3 Å². The van der Waals surface area contributed by atoms with Crippen LogP contribution >= 0.6 is 35.3 Å². The zero-order chi connectivity index (χ0) is 18.8. The number of thioether (sulfide) groups is 1. The first-order valence-electron chi connectivity index (χ1n) is 8.42. The minimum atomic E-state index is -0.0738. The first kappa shape index (κ1) is 18.2. The number of thiazole rings is 1. The number of hydrogen-bond donors (Lipinski definition) is 0. The third-order valence-electron chi connectivity index (χ3n) is 4.28. The summed E-state index contributed by atoms with van der Waals surface area (Å²) in [5, 5.41) is 0.658. The number of rotatable bonds is 6. The van der Waals surface area contributed by atoms with E-state index < -0.39 is 0 Å². The highest BCUT2D eigenvalue weighted by atomic mass is 32.2. The first-order chi connectivity index (χ1) is 13.2. The van der Waals surface area contributed by atoms with Crippen molar-refractivity contribution >= 4 is 45.7 Å². The van der Waals surface area contributed by atoms with E-state index in [1.54, 1.807) is 10.8 Å². The van der Waals surface area contributed by atoms with Gasteiger partial charge in [0.1, 0.15) is 10.5 Å². The number of hydrogen-bond acceptors (Lipinski definition) is 6. The lowest BCUT2D eigenvalue weighted by Gasteiger charge is -2.10. The summed E-state index contributed by atoms with van der Waals surface area (Å²) >= 11 is 8.31. The van der Waals surface area contributed by atoms with E-state index >= 15 is 0 Å². The average Bonchev–Trinajstić information content (AvgIpc) is 3.31. The molecule has 138 valence electrons. The van der Waals surface area contributed by atoms with Gasteiger partial charge in [0.05, 0.1) is 12.8 Å². The average molecular weight is 416 g/mol. The van der Waals surface area contributed by atoms with Crippen molar-refractivity contribution in [1.82, 2.24) is 14.1 Å². The Morgan fingerprint density at radius 2 is 2.00 bits per heavy atom. The van der Waals surface area contributed by atoms with Gasteiger partial charge in [0.25, 0.3) is 5.56 Å². The van der Waals surface area contributed by atoms with Crippen LogP contribution in [0, 0.1) is 3.95 Å². The van der Waals surface area contributed by atoms with Gasteiger partial charge >= 0.3 is 0 Å². The fourth-order valence-corrected chi connectivity index (χ4v) is 4.82. The summed E-state index contributed by atoms with van der Waals surface area (Å²) in [6.45, 7) is 1.06. The van der Waals surface area contributed by atoms with E-state index in [9.17, 15) is 4.79 Å². The number of aromatic nitrogens is 3. The second-order valence-electron chi connectivity index (χ2n) is 5.98. The van der Waals surface area contributed by atoms with E-state index in [1.165, 1.54) is 28.7 Å². The second-order valence-corrected chi connectivity index (χ2v) is 8.39. The normalized spacial score (nSPS) is 11.3. The van der Waals surface area contributed by atoms with E-state index in [2.05, 4.69) is 12.1 Å². The Hall–Kier alpha value is -2.16. The molecule has 0 aliphatic carbocycles. The minimum Gasteiger partial charge on any atom is -0.467 e. The lowest BCUT2D eigenvalue weighted by atomic mass is 10.1. The number of aryl methyl sites for hydroxylation is 2. The molecule has 4 aromatic rings. The van der Waals surface area contributed by atoms with Crippen LogP contribution < -0.4 is 5.56 Å².